The molecule has 4 heteroatoms. The number of unbranched alkanes of at least 4 members (excludes halogenated alkanes) is 15. The molecule has 0 atom stereocenters. The van der Waals surface area contributed by atoms with Crippen LogP contribution in [-0.2, 0) is 0 Å². The number of hydrogen-bond donors (Lipinski definition) is 0. The van der Waals surface area contributed by atoms with E-state index in [1.807, 2.05) is 0 Å². The quantitative estimate of drug-likeness (QED) is 0.236. The molecular weight excluding hydrogens is 317 g/mol. The molecule has 0 saturated carbocycles. The van der Waals surface area contributed by atoms with Gasteiger partial charge in [0.15, 0.2) is 0 Å². The lowest BCUT2D eigenvalue weighted by molar-refractivity contribution is -0.0328. The smallest absolute Gasteiger partial charge is 0.160 e. The monoisotopic (exact) mass is 354 g/mol. The van der Waals surface area contributed by atoms with Gasteiger partial charge in [0.05, 0.1) is 0 Å². The van der Waals surface area contributed by atoms with Gasteiger partial charge in [-0.1, -0.05) is 115 Å². The maximum Gasteiger partial charge on any atom is 0.441 e. The summed E-state index contributed by atoms with van der Waals surface area (Å²) in [5.74, 6) is 0.224. The van der Waals surface area contributed by atoms with Gasteiger partial charge < -0.3 is 0 Å². The molecule has 0 nitrogen and oxygen atoms in total. The predicted molar refractivity (Wildman–Crippen MR) is 98.1 cm³/mol. The van der Waals surface area contributed by atoms with E-state index in [1.165, 1.54) is 83.5 Å². The molecule has 23 heavy (non-hydrogen) atoms. The van der Waals surface area contributed by atoms with Gasteiger partial charge >= 0.3 is 5.51 Å². The molecule has 0 unspecified atom stereocenters. The summed E-state index contributed by atoms with van der Waals surface area (Å²) in [5.41, 5.74) is -4.05. The molecule has 0 radical (unpaired) electrons. The number of hydrogen-bond acceptors (Lipinski definition) is 1. The molecular formula is C19H37F3S. The highest BCUT2D eigenvalue weighted by Gasteiger charge is 2.27. The first-order chi connectivity index (χ1) is 11.1. The number of halogens is 3. The van der Waals surface area contributed by atoms with E-state index in [4.69, 9.17) is 0 Å². The van der Waals surface area contributed by atoms with Crippen molar-refractivity contribution in [3.05, 3.63) is 0 Å². The molecule has 140 valence electrons. The van der Waals surface area contributed by atoms with Crippen molar-refractivity contribution in [1.82, 2.24) is 0 Å². The normalized spacial score (nSPS) is 12.0. The van der Waals surface area contributed by atoms with Gasteiger partial charge in [-0.25, -0.2) is 0 Å². The van der Waals surface area contributed by atoms with Crippen molar-refractivity contribution >= 4 is 11.8 Å². The van der Waals surface area contributed by atoms with Crippen LogP contribution in [0.1, 0.15) is 110 Å². The van der Waals surface area contributed by atoms with E-state index in [9.17, 15) is 13.2 Å². The molecule has 0 aromatic rings. The third-order valence-corrected chi connectivity index (χ3v) is 5.08. The van der Waals surface area contributed by atoms with Crippen LogP contribution in [0, 0.1) is 0 Å². The van der Waals surface area contributed by atoms with Gasteiger partial charge in [-0.2, -0.15) is 13.2 Å². The van der Waals surface area contributed by atoms with Crippen LogP contribution in [-0.4, -0.2) is 11.3 Å². The van der Waals surface area contributed by atoms with Crippen molar-refractivity contribution in [2.75, 3.05) is 5.75 Å². The zero-order chi connectivity index (χ0) is 17.2. The Morgan fingerprint density at radius 3 is 1.13 bits per heavy atom. The molecule has 0 bridgehead atoms. The Balaban J connectivity index is 3.00. The Bertz CT molecular complexity index is 229. The van der Waals surface area contributed by atoms with E-state index in [-0.39, 0.29) is 17.5 Å². The van der Waals surface area contributed by atoms with E-state index in [0.29, 0.717) is 6.42 Å². The summed E-state index contributed by atoms with van der Waals surface area (Å²) in [6.45, 7) is 2.26. The molecule has 0 rings (SSSR count). The lowest BCUT2D eigenvalue weighted by atomic mass is 10.0. The first kappa shape index (κ1) is 23.1. The minimum atomic E-state index is -4.05. The van der Waals surface area contributed by atoms with Crippen LogP contribution in [0.15, 0.2) is 0 Å². The minimum Gasteiger partial charge on any atom is -0.160 e. The van der Waals surface area contributed by atoms with Crippen LogP contribution in [0.4, 0.5) is 13.2 Å². The Kier molecular flexibility index (Phi) is 17.1. The first-order valence-electron chi connectivity index (χ1n) is 9.77. The average molecular weight is 355 g/mol. The Morgan fingerprint density at radius 2 is 0.826 bits per heavy atom. The SMILES string of the molecule is CCCCCCCCCCCCCCCCCCSC(F)(F)F. The van der Waals surface area contributed by atoms with E-state index in [1.54, 1.807) is 0 Å². The topological polar surface area (TPSA) is 0 Å². The summed E-state index contributed by atoms with van der Waals surface area (Å²) in [6, 6.07) is 0. The van der Waals surface area contributed by atoms with Crippen LogP contribution in [0.5, 0.6) is 0 Å². The third-order valence-electron chi connectivity index (χ3n) is 4.26. The fourth-order valence-electron chi connectivity index (χ4n) is 2.84. The molecule has 0 heterocycles. The average Bonchev–Trinajstić information content (AvgIpc) is 2.49. The molecule has 0 saturated heterocycles. The third kappa shape index (κ3) is 22.1. The second-order valence-corrected chi connectivity index (χ2v) is 7.76. The van der Waals surface area contributed by atoms with Crippen molar-refractivity contribution in [3.63, 3.8) is 0 Å². The van der Waals surface area contributed by atoms with Gasteiger partial charge in [-0.15, -0.1) is 0 Å². The first-order valence-corrected chi connectivity index (χ1v) is 10.8. The molecule has 0 fully saturated rings. The predicted octanol–water partition coefficient (Wildman–Crippen LogP) is 8.50. The lowest BCUT2D eigenvalue weighted by Gasteiger charge is -2.05. The number of rotatable bonds is 17. The van der Waals surface area contributed by atoms with Gasteiger partial charge in [0, 0.05) is 5.75 Å². The van der Waals surface area contributed by atoms with E-state index in [2.05, 4.69) is 6.92 Å². The maximum atomic E-state index is 11.9. The Labute approximate surface area is 146 Å². The van der Waals surface area contributed by atoms with Crippen molar-refractivity contribution in [3.8, 4) is 0 Å². The van der Waals surface area contributed by atoms with E-state index >= 15 is 0 Å². The molecule has 0 N–H and O–H groups in total. The minimum absolute atomic E-state index is 0.120. The summed E-state index contributed by atoms with van der Waals surface area (Å²) in [5, 5.41) is 0. The van der Waals surface area contributed by atoms with Crippen molar-refractivity contribution in [2.45, 2.75) is 115 Å². The number of thioether (sulfide) groups is 1. The van der Waals surface area contributed by atoms with Crippen molar-refractivity contribution in [2.24, 2.45) is 0 Å². The lowest BCUT2D eigenvalue weighted by Crippen LogP contribution is -2.01. The fourth-order valence-corrected chi connectivity index (χ4v) is 3.42. The molecule has 0 amide bonds. The highest BCUT2D eigenvalue weighted by Crippen LogP contribution is 2.30. The summed E-state index contributed by atoms with van der Waals surface area (Å²) >= 11 is 0.120. The van der Waals surface area contributed by atoms with Gasteiger partial charge in [0.25, 0.3) is 0 Å². The molecule has 0 aromatic heterocycles. The van der Waals surface area contributed by atoms with E-state index in [0.717, 1.165) is 12.8 Å². The summed E-state index contributed by atoms with van der Waals surface area (Å²) < 4.78 is 35.7. The second-order valence-electron chi connectivity index (χ2n) is 6.60. The van der Waals surface area contributed by atoms with Crippen LogP contribution in [0.3, 0.4) is 0 Å². The highest BCUT2D eigenvalue weighted by molar-refractivity contribution is 8.00. The van der Waals surface area contributed by atoms with Crippen molar-refractivity contribution < 1.29 is 13.2 Å². The molecule has 0 aliphatic carbocycles. The molecule has 0 aliphatic rings. The van der Waals surface area contributed by atoms with Gasteiger partial charge in [0.1, 0.15) is 0 Å². The molecule has 0 aliphatic heterocycles. The van der Waals surface area contributed by atoms with Crippen LogP contribution >= 0.6 is 11.8 Å². The van der Waals surface area contributed by atoms with Crippen molar-refractivity contribution in [1.29, 1.82) is 0 Å². The van der Waals surface area contributed by atoms with Crippen LogP contribution in [0.2, 0.25) is 0 Å². The van der Waals surface area contributed by atoms with Crippen LogP contribution < -0.4 is 0 Å². The maximum absolute atomic E-state index is 11.9. The zero-order valence-electron chi connectivity index (χ0n) is 15.1. The fraction of sp³-hybridized carbons (Fsp3) is 1.00. The highest BCUT2D eigenvalue weighted by atomic mass is 32.2. The summed E-state index contributed by atoms with van der Waals surface area (Å²) in [7, 11) is 0. The Hall–Kier alpha value is 0.140. The second kappa shape index (κ2) is 17.0. The van der Waals surface area contributed by atoms with Gasteiger partial charge in [-0.05, 0) is 6.42 Å². The summed E-state index contributed by atoms with van der Waals surface area (Å²) in [4.78, 5) is 0. The van der Waals surface area contributed by atoms with Gasteiger partial charge in [0.2, 0.25) is 0 Å². The largest absolute Gasteiger partial charge is 0.441 e. The van der Waals surface area contributed by atoms with Gasteiger partial charge in [-0.3, -0.25) is 0 Å². The standard InChI is InChI=1S/C19H37F3S/c1-2-3-4-5-6-7-8-9-10-11-12-13-14-15-16-17-18-23-19(20,21)22/h2-18H2,1H3. The zero-order valence-corrected chi connectivity index (χ0v) is 15.9. The van der Waals surface area contributed by atoms with Crippen LogP contribution in [0.25, 0.3) is 0 Å². The molecule has 0 spiro atoms. The number of alkyl halides is 3. The summed E-state index contributed by atoms with van der Waals surface area (Å²) in [6.07, 6.45) is 20.3. The van der Waals surface area contributed by atoms with E-state index < -0.39 is 5.51 Å². The molecule has 0 aromatic carbocycles. The Morgan fingerprint density at radius 1 is 0.522 bits per heavy atom.